The van der Waals surface area contributed by atoms with Gasteiger partial charge in [0.2, 0.25) is 0 Å². The van der Waals surface area contributed by atoms with Crippen molar-refractivity contribution < 1.29 is 34.0 Å². The van der Waals surface area contributed by atoms with Crippen LogP contribution < -0.4 is 5.32 Å². The molecule has 1 aliphatic rings. The Morgan fingerprint density at radius 3 is 2.21 bits per heavy atom. The third-order valence-corrected chi connectivity index (χ3v) is 7.34. The van der Waals surface area contributed by atoms with E-state index in [9.17, 15) is 19.8 Å². The van der Waals surface area contributed by atoms with Crippen molar-refractivity contribution in [2.75, 3.05) is 26.4 Å². The van der Waals surface area contributed by atoms with Crippen LogP contribution in [-0.2, 0) is 23.8 Å². The Balaban J connectivity index is 2.53. The number of piperidine rings is 1. The van der Waals surface area contributed by atoms with Crippen molar-refractivity contribution in [1.29, 1.82) is 0 Å². The zero-order valence-electron chi connectivity index (χ0n) is 20.0. The predicted molar refractivity (Wildman–Crippen MR) is 125 cm³/mol. The number of hydrogen-bond acceptors (Lipinski definition) is 6. The summed E-state index contributed by atoms with van der Waals surface area (Å²) in [5.74, 6) is -3.08. The highest BCUT2D eigenvalue weighted by molar-refractivity contribution is 6.31. The summed E-state index contributed by atoms with van der Waals surface area (Å²) < 4.78 is 16.9. The van der Waals surface area contributed by atoms with Gasteiger partial charge >= 0.3 is 11.9 Å². The van der Waals surface area contributed by atoms with Crippen LogP contribution in [0.1, 0.15) is 52.5 Å². The van der Waals surface area contributed by atoms with Gasteiger partial charge in [0.05, 0.1) is 24.0 Å². The van der Waals surface area contributed by atoms with E-state index in [1.54, 1.807) is 45.0 Å². The second-order valence-corrected chi connectivity index (χ2v) is 8.97. The van der Waals surface area contributed by atoms with Crippen LogP contribution >= 0.6 is 11.6 Å². The zero-order valence-corrected chi connectivity index (χ0v) is 20.7. The van der Waals surface area contributed by atoms with Crippen molar-refractivity contribution in [3.05, 3.63) is 34.9 Å². The molecule has 1 aliphatic heterocycles. The molecule has 0 unspecified atom stereocenters. The molecule has 9 heteroatoms. The van der Waals surface area contributed by atoms with Crippen molar-refractivity contribution in [3.63, 3.8) is 0 Å². The number of hydrogen-bond donors (Lipinski definition) is 3. The maximum Gasteiger partial charge on any atom is 0.311 e. The van der Waals surface area contributed by atoms with Crippen molar-refractivity contribution in [2.24, 2.45) is 10.8 Å². The molecular weight excluding hydrogens is 450 g/mol. The fraction of sp³-hybridized carbons (Fsp3) is 0.667. The average Bonchev–Trinajstić information content (AvgIpc) is 2.76. The maximum atomic E-state index is 13.0. The monoisotopic (exact) mass is 485 g/mol. The minimum atomic E-state index is -1.49. The van der Waals surface area contributed by atoms with Crippen LogP contribution in [-0.4, -0.2) is 67.0 Å². The third kappa shape index (κ3) is 5.20. The molecule has 0 aromatic heterocycles. The predicted octanol–water partition coefficient (Wildman–Crippen LogP) is 3.77. The van der Waals surface area contributed by atoms with E-state index in [0.29, 0.717) is 23.8 Å². The SMILES string of the molecule is CCOC(COC[C@@H]1N[C@H](C)[C@](C)(C(=O)O)[C@H](c2ccccc2Cl)[C@@]1(CC)C(=O)O)OCC. The number of carbonyl (C=O) groups is 2. The summed E-state index contributed by atoms with van der Waals surface area (Å²) in [6, 6.07) is 5.64. The van der Waals surface area contributed by atoms with Gasteiger partial charge in [-0.3, -0.25) is 9.59 Å². The Labute approximate surface area is 200 Å². The minimum absolute atomic E-state index is 0.0395. The highest BCUT2D eigenvalue weighted by Gasteiger charge is 2.65. The number of nitrogens with one attached hydrogen (secondary N) is 1. The smallest absolute Gasteiger partial charge is 0.311 e. The first-order chi connectivity index (χ1) is 15.6. The lowest BCUT2D eigenvalue weighted by Gasteiger charge is -2.56. The number of carboxylic acid groups (broad SMARTS) is 2. The molecule has 2 rings (SSSR count). The maximum absolute atomic E-state index is 13.0. The molecule has 1 fully saturated rings. The van der Waals surface area contributed by atoms with Crippen molar-refractivity contribution >= 4 is 23.5 Å². The normalized spacial score (nSPS) is 29.8. The number of carboxylic acids is 2. The van der Waals surface area contributed by atoms with E-state index < -0.39 is 47.1 Å². The highest BCUT2D eigenvalue weighted by atomic mass is 35.5. The van der Waals surface area contributed by atoms with E-state index >= 15 is 0 Å². The van der Waals surface area contributed by atoms with Crippen LogP contribution in [0.4, 0.5) is 0 Å². The topological polar surface area (TPSA) is 114 Å². The minimum Gasteiger partial charge on any atom is -0.481 e. The highest BCUT2D eigenvalue weighted by Crippen LogP contribution is 2.58. The first kappa shape index (κ1) is 27.5. The molecule has 1 saturated heterocycles. The fourth-order valence-electron chi connectivity index (χ4n) is 5.10. The number of aliphatic carboxylic acids is 2. The zero-order chi connectivity index (χ0) is 24.8. The third-order valence-electron chi connectivity index (χ3n) is 6.99. The molecule has 1 aromatic rings. The summed E-state index contributed by atoms with van der Waals surface area (Å²) in [5, 5.41) is 24.5. The first-order valence-electron chi connectivity index (χ1n) is 11.4. The van der Waals surface area contributed by atoms with Gasteiger partial charge in [0.25, 0.3) is 0 Å². The first-order valence-corrected chi connectivity index (χ1v) is 11.8. The summed E-state index contributed by atoms with van der Waals surface area (Å²) in [7, 11) is 0. The van der Waals surface area contributed by atoms with E-state index in [1.165, 1.54) is 0 Å². The lowest BCUT2D eigenvalue weighted by molar-refractivity contribution is -0.182. The molecule has 0 spiro atoms. The van der Waals surface area contributed by atoms with Crippen LogP contribution in [0.2, 0.25) is 5.02 Å². The molecule has 3 N–H and O–H groups in total. The van der Waals surface area contributed by atoms with Crippen LogP contribution in [0.25, 0.3) is 0 Å². The Bertz CT molecular complexity index is 816. The summed E-state index contributed by atoms with van der Waals surface area (Å²) >= 11 is 6.52. The summed E-state index contributed by atoms with van der Waals surface area (Å²) in [4.78, 5) is 25.6. The van der Waals surface area contributed by atoms with E-state index in [4.69, 9.17) is 25.8 Å². The Morgan fingerprint density at radius 1 is 1.12 bits per heavy atom. The molecule has 0 aliphatic carbocycles. The summed E-state index contributed by atoms with van der Waals surface area (Å²) in [6.45, 7) is 9.88. The van der Waals surface area contributed by atoms with Gasteiger partial charge < -0.3 is 29.7 Å². The lowest BCUT2D eigenvalue weighted by atomic mass is 9.51. The molecule has 186 valence electrons. The van der Waals surface area contributed by atoms with Crippen LogP contribution in [0.15, 0.2) is 24.3 Å². The Hall–Kier alpha value is -1.71. The van der Waals surface area contributed by atoms with Crippen LogP contribution in [0.3, 0.4) is 0 Å². The molecular formula is C24H36ClNO7. The van der Waals surface area contributed by atoms with Crippen LogP contribution in [0, 0.1) is 10.8 Å². The number of rotatable bonds is 12. The number of halogens is 1. The van der Waals surface area contributed by atoms with Gasteiger partial charge in [-0.05, 0) is 45.7 Å². The summed E-state index contributed by atoms with van der Waals surface area (Å²) in [6.07, 6.45) is -0.389. The van der Waals surface area contributed by atoms with Gasteiger partial charge in [-0.25, -0.2) is 0 Å². The molecule has 1 aromatic carbocycles. The van der Waals surface area contributed by atoms with Crippen molar-refractivity contribution in [2.45, 2.75) is 65.3 Å². The Kier molecular flexibility index (Phi) is 9.70. The van der Waals surface area contributed by atoms with Crippen molar-refractivity contribution in [1.82, 2.24) is 5.32 Å². The molecule has 8 nitrogen and oxygen atoms in total. The molecule has 0 amide bonds. The second-order valence-electron chi connectivity index (χ2n) is 8.56. The van der Waals surface area contributed by atoms with Gasteiger partial charge in [0.15, 0.2) is 6.29 Å². The molecule has 0 bridgehead atoms. The quantitative estimate of drug-likeness (QED) is 0.383. The number of benzene rings is 1. The standard InChI is InChI=1S/C24H36ClNO7/c1-6-24(22(29)30)18(13-31-14-19(32-7-2)33-8-3)26-15(4)23(5,21(27)28)20(24)16-11-9-10-12-17(16)25/h9-12,15,18-20,26H,6-8,13-14H2,1-5H3,(H,27,28)(H,29,30)/t15-,18+,20+,23+,24+/m1/s1. The number of ether oxygens (including phenoxy) is 3. The molecule has 0 saturated carbocycles. The van der Waals surface area contributed by atoms with E-state index in [0.717, 1.165) is 0 Å². The lowest BCUT2D eigenvalue weighted by Crippen LogP contribution is -2.70. The largest absolute Gasteiger partial charge is 0.481 e. The molecule has 5 atom stereocenters. The van der Waals surface area contributed by atoms with E-state index in [1.807, 2.05) is 13.8 Å². The van der Waals surface area contributed by atoms with Gasteiger partial charge in [-0.15, -0.1) is 0 Å². The second kappa shape index (κ2) is 11.6. The van der Waals surface area contributed by atoms with Gasteiger partial charge in [-0.2, -0.15) is 0 Å². The van der Waals surface area contributed by atoms with E-state index in [-0.39, 0.29) is 19.6 Å². The Morgan fingerprint density at radius 2 is 1.73 bits per heavy atom. The molecule has 0 radical (unpaired) electrons. The van der Waals surface area contributed by atoms with Gasteiger partial charge in [-0.1, -0.05) is 36.7 Å². The fourth-order valence-corrected chi connectivity index (χ4v) is 5.34. The summed E-state index contributed by atoms with van der Waals surface area (Å²) in [5.41, 5.74) is -2.42. The van der Waals surface area contributed by atoms with Crippen molar-refractivity contribution in [3.8, 4) is 0 Å². The van der Waals surface area contributed by atoms with Crippen LogP contribution in [0.5, 0.6) is 0 Å². The van der Waals surface area contributed by atoms with E-state index in [2.05, 4.69) is 5.32 Å². The average molecular weight is 486 g/mol. The molecule has 1 heterocycles. The van der Waals surface area contributed by atoms with Gasteiger partial charge in [0.1, 0.15) is 0 Å². The van der Waals surface area contributed by atoms with Gasteiger partial charge in [0, 0.05) is 36.2 Å². The molecule has 33 heavy (non-hydrogen) atoms.